The highest BCUT2D eigenvalue weighted by Gasteiger charge is 2.46. The Morgan fingerprint density at radius 2 is 1.74 bits per heavy atom. The lowest BCUT2D eigenvalue weighted by Gasteiger charge is -2.45. The van der Waals surface area contributed by atoms with Crippen LogP contribution in [0.2, 0.25) is 0 Å². The standard InChI is InChI=1S/C28H35N3O4/c1-20(32)31(17-12-21-8-11-25(34-3)26(18-21)35-4)28(14-6-5-7-15-28)27(33)29-23-9-10-24-22(19-23)13-16-30(24)2/h8-11,13,16,18-19H,5-7,12,14-15,17H2,1-4H3,(H,29,33). The Morgan fingerprint density at radius 3 is 2.43 bits per heavy atom. The molecule has 0 radical (unpaired) electrons. The molecular formula is C28H35N3O4. The summed E-state index contributed by atoms with van der Waals surface area (Å²) in [6.07, 6.45) is 6.87. The van der Waals surface area contributed by atoms with Crippen LogP contribution in [-0.4, -0.2) is 47.6 Å². The molecule has 1 heterocycles. The van der Waals surface area contributed by atoms with Crippen LogP contribution in [0.5, 0.6) is 11.5 Å². The fourth-order valence-corrected chi connectivity index (χ4v) is 5.31. The van der Waals surface area contributed by atoms with E-state index in [-0.39, 0.29) is 11.8 Å². The molecule has 7 nitrogen and oxygen atoms in total. The van der Waals surface area contributed by atoms with Crippen molar-refractivity contribution < 1.29 is 19.1 Å². The van der Waals surface area contributed by atoms with Gasteiger partial charge in [0.15, 0.2) is 11.5 Å². The van der Waals surface area contributed by atoms with E-state index in [2.05, 4.69) is 9.88 Å². The van der Waals surface area contributed by atoms with Crippen LogP contribution in [0.25, 0.3) is 10.9 Å². The second-order valence-corrected chi connectivity index (χ2v) is 9.36. The zero-order chi connectivity index (χ0) is 25.0. The van der Waals surface area contributed by atoms with Gasteiger partial charge in [-0.15, -0.1) is 0 Å². The molecule has 0 aliphatic heterocycles. The van der Waals surface area contributed by atoms with Crippen molar-refractivity contribution in [3.63, 3.8) is 0 Å². The third-order valence-electron chi connectivity index (χ3n) is 7.22. The van der Waals surface area contributed by atoms with Crippen LogP contribution in [-0.2, 0) is 23.1 Å². The summed E-state index contributed by atoms with van der Waals surface area (Å²) < 4.78 is 12.8. The molecule has 3 aromatic rings. The van der Waals surface area contributed by atoms with E-state index in [0.29, 0.717) is 37.3 Å². The number of aryl methyl sites for hydroxylation is 1. The number of rotatable bonds is 8. The second-order valence-electron chi connectivity index (χ2n) is 9.36. The van der Waals surface area contributed by atoms with E-state index < -0.39 is 5.54 Å². The van der Waals surface area contributed by atoms with Gasteiger partial charge in [-0.2, -0.15) is 0 Å². The molecular weight excluding hydrogens is 442 g/mol. The molecule has 1 N–H and O–H groups in total. The van der Waals surface area contributed by atoms with Crippen LogP contribution in [0.1, 0.15) is 44.6 Å². The number of carbonyl (C=O) groups excluding carboxylic acids is 2. The monoisotopic (exact) mass is 477 g/mol. The van der Waals surface area contributed by atoms with Gasteiger partial charge in [0.05, 0.1) is 14.2 Å². The van der Waals surface area contributed by atoms with Crippen LogP contribution in [0.15, 0.2) is 48.7 Å². The van der Waals surface area contributed by atoms with E-state index in [1.165, 1.54) is 0 Å². The molecule has 0 unspecified atom stereocenters. The molecule has 2 aromatic carbocycles. The topological polar surface area (TPSA) is 72.8 Å². The minimum absolute atomic E-state index is 0.0824. The van der Waals surface area contributed by atoms with Gasteiger partial charge in [0.25, 0.3) is 0 Å². The average Bonchev–Trinajstić information content (AvgIpc) is 3.24. The Labute approximate surface area is 207 Å². The summed E-state index contributed by atoms with van der Waals surface area (Å²) in [7, 11) is 5.22. The van der Waals surface area contributed by atoms with Crippen LogP contribution >= 0.6 is 0 Å². The summed E-state index contributed by atoms with van der Waals surface area (Å²) in [6, 6.07) is 13.7. The smallest absolute Gasteiger partial charge is 0.250 e. The predicted molar refractivity (Wildman–Crippen MR) is 138 cm³/mol. The van der Waals surface area contributed by atoms with Gasteiger partial charge in [-0.3, -0.25) is 9.59 Å². The summed E-state index contributed by atoms with van der Waals surface area (Å²) in [5, 5.41) is 4.21. The van der Waals surface area contributed by atoms with Crippen molar-refractivity contribution in [1.82, 2.24) is 9.47 Å². The van der Waals surface area contributed by atoms with E-state index in [1.54, 1.807) is 26.0 Å². The maximum atomic E-state index is 13.8. The van der Waals surface area contributed by atoms with Gasteiger partial charge < -0.3 is 24.3 Å². The van der Waals surface area contributed by atoms with E-state index in [4.69, 9.17) is 9.47 Å². The highest BCUT2D eigenvalue weighted by Crippen LogP contribution is 2.36. The molecule has 1 aliphatic rings. The van der Waals surface area contributed by atoms with Gasteiger partial charge in [0.1, 0.15) is 5.54 Å². The molecule has 2 amide bonds. The number of carbonyl (C=O) groups is 2. The fraction of sp³-hybridized carbons (Fsp3) is 0.429. The number of anilines is 1. The SMILES string of the molecule is COc1ccc(CCN(C(C)=O)C2(C(=O)Nc3ccc4c(ccn4C)c3)CCCCC2)cc1OC. The molecule has 1 aromatic heterocycles. The fourth-order valence-electron chi connectivity index (χ4n) is 5.31. The third-order valence-corrected chi connectivity index (χ3v) is 7.22. The van der Waals surface area contributed by atoms with Gasteiger partial charge in [-0.05, 0) is 61.2 Å². The van der Waals surface area contributed by atoms with Crippen LogP contribution in [0.3, 0.4) is 0 Å². The van der Waals surface area contributed by atoms with E-state index >= 15 is 0 Å². The molecule has 4 rings (SSSR count). The normalized spacial score (nSPS) is 15.0. The maximum absolute atomic E-state index is 13.8. The number of methoxy groups -OCH3 is 2. The van der Waals surface area contributed by atoms with Gasteiger partial charge in [-0.25, -0.2) is 0 Å². The van der Waals surface area contributed by atoms with Crippen molar-refractivity contribution in [2.45, 2.75) is 51.0 Å². The summed E-state index contributed by atoms with van der Waals surface area (Å²) in [6.45, 7) is 2.02. The van der Waals surface area contributed by atoms with Gasteiger partial charge >= 0.3 is 0 Å². The number of hydrogen-bond donors (Lipinski definition) is 1. The Balaban J connectivity index is 1.58. The van der Waals surface area contributed by atoms with E-state index in [9.17, 15) is 9.59 Å². The summed E-state index contributed by atoms with van der Waals surface area (Å²) in [5.74, 6) is 1.13. The molecule has 0 bridgehead atoms. The van der Waals surface area contributed by atoms with Crippen molar-refractivity contribution in [2.24, 2.45) is 7.05 Å². The van der Waals surface area contributed by atoms with Gasteiger partial charge in [0.2, 0.25) is 11.8 Å². The number of fused-ring (bicyclic) bond motifs is 1. The van der Waals surface area contributed by atoms with E-state index in [1.807, 2.05) is 55.7 Å². The Bertz CT molecular complexity index is 1210. The second kappa shape index (κ2) is 10.4. The van der Waals surface area contributed by atoms with Crippen LogP contribution in [0.4, 0.5) is 5.69 Å². The molecule has 7 heteroatoms. The zero-order valence-corrected chi connectivity index (χ0v) is 21.1. The first-order valence-corrected chi connectivity index (χ1v) is 12.2. The number of benzene rings is 2. The number of nitrogens with one attached hydrogen (secondary N) is 1. The van der Waals surface area contributed by atoms with Crippen LogP contribution in [0, 0.1) is 0 Å². The highest BCUT2D eigenvalue weighted by atomic mass is 16.5. The number of amides is 2. The lowest BCUT2D eigenvalue weighted by molar-refractivity contribution is -0.146. The lowest BCUT2D eigenvalue weighted by atomic mass is 9.79. The minimum Gasteiger partial charge on any atom is -0.493 e. The zero-order valence-electron chi connectivity index (χ0n) is 21.1. The first kappa shape index (κ1) is 24.6. The van der Waals surface area contributed by atoms with Crippen molar-refractivity contribution in [2.75, 3.05) is 26.1 Å². The predicted octanol–water partition coefficient (Wildman–Crippen LogP) is 4.93. The number of aromatic nitrogens is 1. The maximum Gasteiger partial charge on any atom is 0.250 e. The average molecular weight is 478 g/mol. The quantitative estimate of drug-likeness (QED) is 0.499. The molecule has 0 atom stereocenters. The summed E-state index contributed by atoms with van der Waals surface area (Å²) >= 11 is 0. The first-order valence-electron chi connectivity index (χ1n) is 12.2. The van der Waals surface area contributed by atoms with Crippen molar-refractivity contribution in [3.8, 4) is 11.5 Å². The number of hydrogen-bond acceptors (Lipinski definition) is 4. The molecule has 1 aliphatic carbocycles. The van der Waals surface area contributed by atoms with Gasteiger partial charge in [0, 0.05) is 43.3 Å². The van der Waals surface area contributed by atoms with E-state index in [0.717, 1.165) is 41.4 Å². The van der Waals surface area contributed by atoms with Crippen molar-refractivity contribution >= 4 is 28.4 Å². The molecule has 1 saturated carbocycles. The summed E-state index contributed by atoms with van der Waals surface area (Å²) in [5.41, 5.74) is 2.03. The number of ether oxygens (including phenoxy) is 2. The Hall–Kier alpha value is -3.48. The minimum atomic E-state index is -0.855. The molecule has 35 heavy (non-hydrogen) atoms. The van der Waals surface area contributed by atoms with Crippen molar-refractivity contribution in [3.05, 3.63) is 54.2 Å². The molecule has 186 valence electrons. The van der Waals surface area contributed by atoms with Crippen LogP contribution < -0.4 is 14.8 Å². The first-order chi connectivity index (χ1) is 16.9. The van der Waals surface area contributed by atoms with Crippen molar-refractivity contribution in [1.29, 1.82) is 0 Å². The molecule has 0 saturated heterocycles. The van der Waals surface area contributed by atoms with Gasteiger partial charge in [-0.1, -0.05) is 25.3 Å². The molecule has 0 spiro atoms. The Kier molecular flexibility index (Phi) is 7.34. The molecule has 1 fully saturated rings. The lowest BCUT2D eigenvalue weighted by Crippen LogP contribution is -2.60. The largest absolute Gasteiger partial charge is 0.493 e. The Morgan fingerprint density at radius 1 is 1.00 bits per heavy atom. The number of nitrogens with zero attached hydrogens (tertiary/aromatic N) is 2. The third kappa shape index (κ3) is 4.99. The summed E-state index contributed by atoms with van der Waals surface area (Å²) in [4.78, 5) is 28.5. The highest BCUT2D eigenvalue weighted by molar-refractivity contribution is 6.01.